The van der Waals surface area contributed by atoms with Crippen LogP contribution in [-0.4, -0.2) is 35.8 Å². The Hall–Kier alpha value is -1.36. The molecule has 1 saturated heterocycles. The lowest BCUT2D eigenvalue weighted by Crippen LogP contribution is -2.42. The first-order valence-corrected chi connectivity index (χ1v) is 6.49. The van der Waals surface area contributed by atoms with Crippen LogP contribution in [-0.2, 0) is 4.74 Å². The zero-order valence-electron chi connectivity index (χ0n) is 11.6. The number of anilines is 2. The maximum atomic E-state index is 5.99. The van der Waals surface area contributed by atoms with Gasteiger partial charge in [-0.25, -0.2) is 9.97 Å². The summed E-state index contributed by atoms with van der Waals surface area (Å²) >= 11 is 0. The van der Waals surface area contributed by atoms with Gasteiger partial charge in [0.1, 0.15) is 17.5 Å². The van der Waals surface area contributed by atoms with Crippen molar-refractivity contribution in [2.45, 2.75) is 39.7 Å². The normalized spacial score (nSPS) is 20.5. The zero-order valence-corrected chi connectivity index (χ0v) is 11.6. The molecule has 0 radical (unpaired) electrons. The summed E-state index contributed by atoms with van der Waals surface area (Å²) in [6.07, 6.45) is 0.233. The molecular weight excluding hydrogens is 228 g/mol. The van der Waals surface area contributed by atoms with E-state index in [-0.39, 0.29) is 12.0 Å². The molecule has 0 amide bonds. The van der Waals surface area contributed by atoms with E-state index in [0.29, 0.717) is 5.82 Å². The van der Waals surface area contributed by atoms with Crippen LogP contribution >= 0.6 is 0 Å². The fraction of sp³-hybridized carbons (Fsp3) is 0.692. The Morgan fingerprint density at radius 3 is 2.72 bits per heavy atom. The minimum atomic E-state index is 0.233. The third-order valence-electron chi connectivity index (χ3n) is 3.23. The fourth-order valence-corrected chi connectivity index (χ4v) is 2.12. The molecule has 0 aliphatic carbocycles. The second-order valence-electron chi connectivity index (χ2n) is 5.20. The van der Waals surface area contributed by atoms with Crippen molar-refractivity contribution in [1.29, 1.82) is 0 Å². The van der Waals surface area contributed by atoms with E-state index in [0.717, 1.165) is 36.9 Å². The standard InChI is InChI=1S/C13H22N4O/c1-8(2)12-15-11(14)10(4)13(16-12)17-5-6-18-9(3)7-17/h8-9H,5-7H2,1-4H3,(H2,14,15,16). The minimum Gasteiger partial charge on any atom is -0.383 e. The highest BCUT2D eigenvalue weighted by Gasteiger charge is 2.22. The quantitative estimate of drug-likeness (QED) is 0.865. The molecule has 1 aliphatic rings. The van der Waals surface area contributed by atoms with Crippen LogP contribution in [0, 0.1) is 6.92 Å². The summed E-state index contributed by atoms with van der Waals surface area (Å²) in [5.41, 5.74) is 6.96. The molecule has 0 spiro atoms. The Kier molecular flexibility index (Phi) is 3.71. The van der Waals surface area contributed by atoms with Crippen LogP contribution in [0.2, 0.25) is 0 Å². The van der Waals surface area contributed by atoms with Crippen molar-refractivity contribution in [3.8, 4) is 0 Å². The predicted molar refractivity (Wildman–Crippen MR) is 72.9 cm³/mol. The number of nitrogen functional groups attached to an aromatic ring is 1. The van der Waals surface area contributed by atoms with Gasteiger partial charge in [0.25, 0.3) is 0 Å². The third kappa shape index (κ3) is 2.56. The first kappa shape index (κ1) is 13.1. The molecule has 1 aromatic heterocycles. The van der Waals surface area contributed by atoms with Crippen molar-refractivity contribution in [3.63, 3.8) is 0 Å². The molecule has 2 rings (SSSR count). The van der Waals surface area contributed by atoms with Crippen LogP contribution < -0.4 is 10.6 Å². The Balaban J connectivity index is 2.36. The van der Waals surface area contributed by atoms with Gasteiger partial charge < -0.3 is 15.4 Å². The van der Waals surface area contributed by atoms with Gasteiger partial charge in [-0.1, -0.05) is 13.8 Å². The van der Waals surface area contributed by atoms with Crippen molar-refractivity contribution < 1.29 is 4.74 Å². The second-order valence-corrected chi connectivity index (χ2v) is 5.20. The van der Waals surface area contributed by atoms with Crippen LogP contribution in [0.5, 0.6) is 0 Å². The third-order valence-corrected chi connectivity index (χ3v) is 3.23. The summed E-state index contributed by atoms with van der Waals surface area (Å²) in [5.74, 6) is 2.64. The van der Waals surface area contributed by atoms with E-state index in [1.807, 2.05) is 6.92 Å². The average molecular weight is 250 g/mol. The molecule has 5 heteroatoms. The lowest BCUT2D eigenvalue weighted by atomic mass is 10.2. The molecule has 1 unspecified atom stereocenters. The molecular formula is C13H22N4O. The highest BCUT2D eigenvalue weighted by molar-refractivity contribution is 5.56. The second kappa shape index (κ2) is 5.10. The highest BCUT2D eigenvalue weighted by atomic mass is 16.5. The van der Waals surface area contributed by atoms with Gasteiger partial charge in [0, 0.05) is 24.6 Å². The van der Waals surface area contributed by atoms with E-state index in [1.165, 1.54) is 0 Å². The number of nitrogens with zero attached hydrogens (tertiary/aromatic N) is 3. The number of morpholine rings is 1. The molecule has 18 heavy (non-hydrogen) atoms. The van der Waals surface area contributed by atoms with Crippen LogP contribution in [0.25, 0.3) is 0 Å². The van der Waals surface area contributed by atoms with E-state index in [9.17, 15) is 0 Å². The van der Waals surface area contributed by atoms with Gasteiger partial charge in [-0.15, -0.1) is 0 Å². The Morgan fingerprint density at radius 1 is 1.39 bits per heavy atom. The Bertz CT molecular complexity index is 433. The summed E-state index contributed by atoms with van der Waals surface area (Å²) in [6.45, 7) is 10.7. The molecule has 5 nitrogen and oxygen atoms in total. The summed E-state index contributed by atoms with van der Waals surface area (Å²) in [4.78, 5) is 11.3. The Morgan fingerprint density at radius 2 is 2.11 bits per heavy atom. The first-order valence-electron chi connectivity index (χ1n) is 6.49. The summed E-state index contributed by atoms with van der Waals surface area (Å²) in [5, 5.41) is 0. The largest absolute Gasteiger partial charge is 0.383 e. The lowest BCUT2D eigenvalue weighted by molar-refractivity contribution is 0.0529. The fourth-order valence-electron chi connectivity index (χ4n) is 2.12. The number of hydrogen-bond acceptors (Lipinski definition) is 5. The van der Waals surface area contributed by atoms with Gasteiger partial charge in [0.15, 0.2) is 0 Å². The smallest absolute Gasteiger partial charge is 0.137 e. The van der Waals surface area contributed by atoms with Crippen molar-refractivity contribution >= 4 is 11.6 Å². The zero-order chi connectivity index (χ0) is 13.3. The van der Waals surface area contributed by atoms with Crippen molar-refractivity contribution in [2.75, 3.05) is 30.3 Å². The molecule has 1 atom stereocenters. The van der Waals surface area contributed by atoms with Crippen LogP contribution in [0.15, 0.2) is 0 Å². The van der Waals surface area contributed by atoms with E-state index in [4.69, 9.17) is 10.5 Å². The van der Waals surface area contributed by atoms with Crippen molar-refractivity contribution in [2.24, 2.45) is 0 Å². The van der Waals surface area contributed by atoms with Gasteiger partial charge >= 0.3 is 0 Å². The van der Waals surface area contributed by atoms with Gasteiger partial charge in [-0.3, -0.25) is 0 Å². The molecule has 2 heterocycles. The topological polar surface area (TPSA) is 64.3 Å². The van der Waals surface area contributed by atoms with E-state index in [2.05, 4.69) is 35.6 Å². The van der Waals surface area contributed by atoms with E-state index in [1.54, 1.807) is 0 Å². The van der Waals surface area contributed by atoms with Crippen molar-refractivity contribution in [3.05, 3.63) is 11.4 Å². The van der Waals surface area contributed by atoms with Crippen LogP contribution in [0.1, 0.15) is 38.1 Å². The number of aromatic nitrogens is 2. The van der Waals surface area contributed by atoms with Crippen LogP contribution in [0.3, 0.4) is 0 Å². The van der Waals surface area contributed by atoms with E-state index >= 15 is 0 Å². The SMILES string of the molecule is Cc1c(N)nc(C(C)C)nc1N1CCOC(C)C1. The number of ether oxygens (including phenoxy) is 1. The minimum absolute atomic E-state index is 0.233. The predicted octanol–water partition coefficient (Wildman–Crippen LogP) is 1.72. The molecule has 1 aromatic rings. The van der Waals surface area contributed by atoms with Gasteiger partial charge in [-0.05, 0) is 13.8 Å². The summed E-state index contributed by atoms with van der Waals surface area (Å²) in [6, 6.07) is 0. The van der Waals surface area contributed by atoms with Gasteiger partial charge in [0.2, 0.25) is 0 Å². The first-order chi connectivity index (χ1) is 8.49. The van der Waals surface area contributed by atoms with Gasteiger partial charge in [0.05, 0.1) is 12.7 Å². The molecule has 100 valence electrons. The summed E-state index contributed by atoms with van der Waals surface area (Å²) < 4.78 is 5.56. The van der Waals surface area contributed by atoms with Crippen LogP contribution in [0.4, 0.5) is 11.6 Å². The summed E-state index contributed by atoms with van der Waals surface area (Å²) in [7, 11) is 0. The monoisotopic (exact) mass is 250 g/mol. The molecule has 0 saturated carbocycles. The maximum absolute atomic E-state index is 5.99. The number of rotatable bonds is 2. The molecule has 0 aromatic carbocycles. The van der Waals surface area contributed by atoms with Gasteiger partial charge in [-0.2, -0.15) is 0 Å². The molecule has 0 bridgehead atoms. The van der Waals surface area contributed by atoms with E-state index < -0.39 is 0 Å². The lowest BCUT2D eigenvalue weighted by Gasteiger charge is -2.33. The molecule has 2 N–H and O–H groups in total. The van der Waals surface area contributed by atoms with Crippen molar-refractivity contribution in [1.82, 2.24) is 9.97 Å². The number of hydrogen-bond donors (Lipinski definition) is 1. The molecule has 1 fully saturated rings. The average Bonchev–Trinajstić information content (AvgIpc) is 2.32. The number of nitrogens with two attached hydrogens (primary N) is 1. The molecule has 1 aliphatic heterocycles. The maximum Gasteiger partial charge on any atom is 0.137 e. The highest BCUT2D eigenvalue weighted by Crippen LogP contribution is 2.25. The Labute approximate surface area is 108 Å².